The van der Waals surface area contributed by atoms with Gasteiger partial charge in [-0.2, -0.15) is 5.10 Å². The molecule has 1 aromatic heterocycles. The Balaban J connectivity index is 1.47. The lowest BCUT2D eigenvalue weighted by atomic mass is 10.1. The van der Waals surface area contributed by atoms with Crippen molar-refractivity contribution in [3.8, 4) is 0 Å². The summed E-state index contributed by atoms with van der Waals surface area (Å²) in [6, 6.07) is 8.68. The van der Waals surface area contributed by atoms with Gasteiger partial charge in [0.25, 0.3) is 5.91 Å². The Kier molecular flexibility index (Phi) is 5.21. The number of carbonyl (C=O) groups excluding carboxylic acids is 1. The van der Waals surface area contributed by atoms with E-state index in [0.717, 1.165) is 26.1 Å². The van der Waals surface area contributed by atoms with Crippen LogP contribution in [0.2, 0.25) is 5.02 Å². The number of hydrogen-bond acceptors (Lipinski definition) is 3. The summed E-state index contributed by atoms with van der Waals surface area (Å²) in [5.41, 5.74) is 2.92. The van der Waals surface area contributed by atoms with Crippen LogP contribution >= 0.6 is 11.6 Å². The Morgan fingerprint density at radius 3 is 2.79 bits per heavy atom. The van der Waals surface area contributed by atoms with Crippen molar-refractivity contribution < 1.29 is 4.79 Å². The predicted molar refractivity (Wildman–Crippen MR) is 95.1 cm³/mol. The molecule has 2 heterocycles. The van der Waals surface area contributed by atoms with Gasteiger partial charge in [0.2, 0.25) is 0 Å². The molecule has 1 fully saturated rings. The molecule has 0 unspecified atom stereocenters. The molecule has 0 spiro atoms. The van der Waals surface area contributed by atoms with Crippen molar-refractivity contribution in [3.63, 3.8) is 0 Å². The molecule has 0 bridgehead atoms. The number of benzene rings is 1. The van der Waals surface area contributed by atoms with Crippen LogP contribution in [0.5, 0.6) is 0 Å². The standard InChI is InChI=1S/C18H23ClN4O/c1-13-3-5-14(6-4-13)10-23-8-7-15(11-23)9-20-18(24)17-16(19)12-22(2)21-17/h3-6,12,15H,7-11H2,1-2H3,(H,20,24)/t15-/m1/s1. The molecule has 1 atom stereocenters. The van der Waals surface area contributed by atoms with Gasteiger partial charge in [0, 0.05) is 32.9 Å². The highest BCUT2D eigenvalue weighted by atomic mass is 35.5. The fraction of sp³-hybridized carbons (Fsp3) is 0.444. The first-order valence-electron chi connectivity index (χ1n) is 8.26. The van der Waals surface area contributed by atoms with E-state index in [9.17, 15) is 4.79 Å². The van der Waals surface area contributed by atoms with Crippen molar-refractivity contribution in [2.24, 2.45) is 13.0 Å². The summed E-state index contributed by atoms with van der Waals surface area (Å²) in [7, 11) is 1.75. The van der Waals surface area contributed by atoms with E-state index >= 15 is 0 Å². The molecule has 6 heteroatoms. The van der Waals surface area contributed by atoms with Gasteiger partial charge in [-0.3, -0.25) is 14.4 Å². The average Bonchev–Trinajstić information content (AvgIpc) is 3.13. The number of hydrogen-bond donors (Lipinski definition) is 1. The third kappa shape index (κ3) is 4.16. The molecule has 0 aliphatic carbocycles. The summed E-state index contributed by atoms with van der Waals surface area (Å²) in [6.07, 6.45) is 2.73. The maximum Gasteiger partial charge on any atom is 0.273 e. The Morgan fingerprint density at radius 1 is 1.38 bits per heavy atom. The highest BCUT2D eigenvalue weighted by Crippen LogP contribution is 2.19. The lowest BCUT2D eigenvalue weighted by molar-refractivity contribution is 0.0941. The van der Waals surface area contributed by atoms with Crippen LogP contribution in [0.25, 0.3) is 0 Å². The van der Waals surface area contributed by atoms with Gasteiger partial charge in [-0.15, -0.1) is 0 Å². The van der Waals surface area contributed by atoms with Gasteiger partial charge in [0.1, 0.15) is 0 Å². The predicted octanol–water partition coefficient (Wildman–Crippen LogP) is 2.63. The molecule has 0 radical (unpaired) electrons. The SMILES string of the molecule is Cc1ccc(CN2CC[C@H](CNC(=O)c3nn(C)cc3Cl)C2)cc1. The lowest BCUT2D eigenvalue weighted by Crippen LogP contribution is -2.31. The summed E-state index contributed by atoms with van der Waals surface area (Å²) in [4.78, 5) is 14.6. The minimum absolute atomic E-state index is 0.197. The third-order valence-electron chi connectivity index (χ3n) is 4.45. The monoisotopic (exact) mass is 346 g/mol. The van der Waals surface area contributed by atoms with Crippen LogP contribution < -0.4 is 5.32 Å². The maximum atomic E-state index is 12.2. The molecule has 5 nitrogen and oxygen atoms in total. The van der Waals surface area contributed by atoms with Crippen LogP contribution in [-0.4, -0.2) is 40.2 Å². The van der Waals surface area contributed by atoms with Crippen molar-refractivity contribution in [1.29, 1.82) is 0 Å². The number of nitrogens with zero attached hydrogens (tertiary/aromatic N) is 3. The van der Waals surface area contributed by atoms with Crippen LogP contribution in [0.15, 0.2) is 30.5 Å². The van der Waals surface area contributed by atoms with Crippen molar-refractivity contribution in [2.75, 3.05) is 19.6 Å². The Labute approximate surface area is 147 Å². The highest BCUT2D eigenvalue weighted by Gasteiger charge is 2.24. The molecule has 1 aromatic carbocycles. The number of nitrogens with one attached hydrogen (secondary N) is 1. The molecule has 24 heavy (non-hydrogen) atoms. The molecular weight excluding hydrogens is 324 g/mol. The van der Waals surface area contributed by atoms with Gasteiger partial charge in [0.05, 0.1) is 5.02 Å². The van der Waals surface area contributed by atoms with Crippen molar-refractivity contribution in [3.05, 3.63) is 52.3 Å². The van der Waals surface area contributed by atoms with Crippen molar-refractivity contribution in [1.82, 2.24) is 20.0 Å². The van der Waals surface area contributed by atoms with Crippen LogP contribution in [0.4, 0.5) is 0 Å². The van der Waals surface area contributed by atoms with E-state index in [0.29, 0.717) is 23.2 Å². The van der Waals surface area contributed by atoms with Gasteiger partial charge in [-0.25, -0.2) is 0 Å². The van der Waals surface area contributed by atoms with E-state index in [1.165, 1.54) is 11.1 Å². The molecule has 1 N–H and O–H groups in total. The van der Waals surface area contributed by atoms with Gasteiger partial charge in [-0.05, 0) is 31.4 Å². The normalized spacial score (nSPS) is 18.0. The largest absolute Gasteiger partial charge is 0.350 e. The molecule has 2 aromatic rings. The summed E-state index contributed by atoms with van der Waals surface area (Å²) >= 11 is 6.01. The van der Waals surface area contributed by atoms with E-state index in [2.05, 4.69) is 46.5 Å². The molecule has 1 aliphatic heterocycles. The maximum absolute atomic E-state index is 12.2. The molecule has 0 saturated carbocycles. The summed E-state index contributed by atoms with van der Waals surface area (Å²) in [5, 5.41) is 7.45. The minimum Gasteiger partial charge on any atom is -0.350 e. The van der Waals surface area contributed by atoms with Crippen LogP contribution in [0.1, 0.15) is 28.0 Å². The average molecular weight is 347 g/mol. The number of halogens is 1. The number of likely N-dealkylation sites (tertiary alicyclic amines) is 1. The van der Waals surface area contributed by atoms with Gasteiger partial charge < -0.3 is 5.32 Å². The van der Waals surface area contributed by atoms with Crippen LogP contribution in [-0.2, 0) is 13.6 Å². The van der Waals surface area contributed by atoms with Gasteiger partial charge >= 0.3 is 0 Å². The zero-order chi connectivity index (χ0) is 17.1. The van der Waals surface area contributed by atoms with E-state index in [-0.39, 0.29) is 5.91 Å². The second-order valence-corrected chi connectivity index (χ2v) is 6.99. The van der Waals surface area contributed by atoms with Crippen molar-refractivity contribution >= 4 is 17.5 Å². The van der Waals surface area contributed by atoms with Crippen molar-refractivity contribution in [2.45, 2.75) is 19.9 Å². The fourth-order valence-electron chi connectivity index (χ4n) is 3.11. The minimum atomic E-state index is -0.197. The molecule has 1 amide bonds. The molecule has 128 valence electrons. The molecule has 1 saturated heterocycles. The van der Waals surface area contributed by atoms with E-state index in [4.69, 9.17) is 11.6 Å². The summed E-state index contributed by atoms with van der Waals surface area (Å²) in [5.74, 6) is 0.277. The molecule has 3 rings (SSSR count). The van der Waals surface area contributed by atoms with Crippen LogP contribution in [0, 0.1) is 12.8 Å². The Bertz CT molecular complexity index is 710. The topological polar surface area (TPSA) is 50.2 Å². The highest BCUT2D eigenvalue weighted by molar-refractivity contribution is 6.33. The number of aryl methyl sites for hydroxylation is 2. The van der Waals surface area contributed by atoms with E-state index < -0.39 is 0 Å². The summed E-state index contributed by atoms with van der Waals surface area (Å²) in [6.45, 7) is 5.81. The first-order chi connectivity index (χ1) is 11.5. The van der Waals surface area contributed by atoms with Crippen LogP contribution in [0.3, 0.4) is 0 Å². The zero-order valence-electron chi connectivity index (χ0n) is 14.1. The third-order valence-corrected chi connectivity index (χ3v) is 4.72. The number of rotatable bonds is 5. The lowest BCUT2D eigenvalue weighted by Gasteiger charge is -2.16. The zero-order valence-corrected chi connectivity index (χ0v) is 14.9. The Hall–Kier alpha value is -1.85. The van der Waals surface area contributed by atoms with Gasteiger partial charge in [0.15, 0.2) is 5.69 Å². The number of amides is 1. The van der Waals surface area contributed by atoms with E-state index in [1.807, 2.05) is 0 Å². The van der Waals surface area contributed by atoms with Gasteiger partial charge in [-0.1, -0.05) is 41.4 Å². The quantitative estimate of drug-likeness (QED) is 0.905. The molecule has 1 aliphatic rings. The second kappa shape index (κ2) is 7.36. The number of carbonyl (C=O) groups is 1. The molecular formula is C18H23ClN4O. The van der Waals surface area contributed by atoms with E-state index in [1.54, 1.807) is 17.9 Å². The number of aromatic nitrogens is 2. The second-order valence-electron chi connectivity index (χ2n) is 6.58. The summed E-state index contributed by atoms with van der Waals surface area (Å²) < 4.78 is 1.55. The Morgan fingerprint density at radius 2 is 2.12 bits per heavy atom. The first kappa shape index (κ1) is 17.0. The smallest absolute Gasteiger partial charge is 0.273 e. The fourth-order valence-corrected chi connectivity index (χ4v) is 3.37. The first-order valence-corrected chi connectivity index (χ1v) is 8.64.